The van der Waals surface area contributed by atoms with Crippen LogP contribution >= 0.6 is 11.6 Å². The molecule has 0 radical (unpaired) electrons. The average molecular weight is 269 g/mol. The van der Waals surface area contributed by atoms with Crippen molar-refractivity contribution in [3.63, 3.8) is 0 Å². The second kappa shape index (κ2) is 5.61. The molecule has 0 atom stereocenters. The highest BCUT2D eigenvalue weighted by molar-refractivity contribution is 6.30. The minimum absolute atomic E-state index is 0.245. The fraction of sp³-hybridized carbons (Fsp3) is 0.429. The quantitative estimate of drug-likeness (QED) is 0.828. The van der Waals surface area contributed by atoms with Gasteiger partial charge in [0.25, 0.3) is 0 Å². The summed E-state index contributed by atoms with van der Waals surface area (Å²) in [6.07, 6.45) is 0.968. The van der Waals surface area contributed by atoms with E-state index in [1.165, 1.54) is 6.07 Å². The molecule has 1 aromatic rings. The minimum Gasteiger partial charge on any atom is -0.372 e. The van der Waals surface area contributed by atoms with Gasteiger partial charge in [0.05, 0.1) is 5.69 Å². The Balaban J connectivity index is 2.03. The van der Waals surface area contributed by atoms with E-state index in [4.69, 9.17) is 11.6 Å². The zero-order chi connectivity index (χ0) is 13.1. The van der Waals surface area contributed by atoms with E-state index in [-0.39, 0.29) is 5.82 Å². The van der Waals surface area contributed by atoms with Gasteiger partial charge < -0.3 is 9.80 Å². The summed E-state index contributed by atoms with van der Waals surface area (Å²) in [5.74, 6) is -0.245. The van der Waals surface area contributed by atoms with Crippen molar-refractivity contribution in [1.82, 2.24) is 4.90 Å². The number of rotatable bonds is 3. The van der Waals surface area contributed by atoms with Crippen molar-refractivity contribution in [2.75, 3.05) is 31.1 Å². The van der Waals surface area contributed by atoms with Gasteiger partial charge in [-0.1, -0.05) is 25.1 Å². The molecule has 0 aliphatic carbocycles. The van der Waals surface area contributed by atoms with Gasteiger partial charge in [0.2, 0.25) is 0 Å². The van der Waals surface area contributed by atoms with Gasteiger partial charge in [-0.2, -0.15) is 0 Å². The molecular weight excluding hydrogens is 251 g/mol. The first-order valence-corrected chi connectivity index (χ1v) is 6.62. The molecule has 0 bridgehead atoms. The maximum Gasteiger partial charge on any atom is 0.147 e. The van der Waals surface area contributed by atoms with Crippen LogP contribution in [0.4, 0.5) is 10.1 Å². The number of anilines is 1. The lowest BCUT2D eigenvalue weighted by Gasteiger charge is -2.38. The number of allylic oxidation sites excluding steroid dienone is 1. The zero-order valence-corrected chi connectivity index (χ0v) is 11.4. The van der Waals surface area contributed by atoms with Crippen LogP contribution in [0.15, 0.2) is 30.5 Å². The van der Waals surface area contributed by atoms with Crippen molar-refractivity contribution < 1.29 is 4.39 Å². The van der Waals surface area contributed by atoms with Gasteiger partial charge in [-0.3, -0.25) is 0 Å². The highest BCUT2D eigenvalue weighted by Crippen LogP contribution is 2.24. The minimum atomic E-state index is -0.245. The highest BCUT2D eigenvalue weighted by Gasteiger charge is 2.19. The maximum absolute atomic E-state index is 13.8. The lowest BCUT2D eigenvalue weighted by molar-refractivity contribution is 0.314. The molecule has 18 heavy (non-hydrogen) atoms. The maximum atomic E-state index is 13.8. The number of halogens is 2. The summed E-state index contributed by atoms with van der Waals surface area (Å²) in [5, 5.41) is 0.439. The molecule has 1 aliphatic heterocycles. The second-order valence-electron chi connectivity index (χ2n) is 4.49. The van der Waals surface area contributed by atoms with Gasteiger partial charge in [0.1, 0.15) is 5.82 Å². The van der Waals surface area contributed by atoms with E-state index in [1.54, 1.807) is 12.1 Å². The lowest BCUT2D eigenvalue weighted by Crippen LogP contribution is -2.45. The van der Waals surface area contributed by atoms with Crippen LogP contribution in [0.3, 0.4) is 0 Å². The number of nitrogens with zero attached hydrogens (tertiary/aromatic N) is 2. The SMILES string of the molecule is C=C(CC)N1CCN(c2ccc(Cl)cc2F)CC1. The Morgan fingerprint density at radius 2 is 2.00 bits per heavy atom. The molecule has 1 heterocycles. The first-order valence-electron chi connectivity index (χ1n) is 6.24. The smallest absolute Gasteiger partial charge is 0.147 e. The third-order valence-electron chi connectivity index (χ3n) is 3.39. The molecule has 4 heteroatoms. The van der Waals surface area contributed by atoms with Crippen LogP contribution in [0.5, 0.6) is 0 Å². The number of hydrogen-bond acceptors (Lipinski definition) is 2. The van der Waals surface area contributed by atoms with Crippen molar-refractivity contribution >= 4 is 17.3 Å². The van der Waals surface area contributed by atoms with Gasteiger partial charge in [0, 0.05) is 36.9 Å². The predicted octanol–water partition coefficient (Wildman–Crippen LogP) is 3.52. The summed E-state index contributed by atoms with van der Waals surface area (Å²) in [6, 6.07) is 4.85. The van der Waals surface area contributed by atoms with Crippen molar-refractivity contribution in [1.29, 1.82) is 0 Å². The molecule has 0 aromatic heterocycles. The Bertz CT molecular complexity index is 439. The van der Waals surface area contributed by atoms with E-state index in [9.17, 15) is 4.39 Å². The summed E-state index contributed by atoms with van der Waals surface area (Å²) >= 11 is 5.76. The highest BCUT2D eigenvalue weighted by atomic mass is 35.5. The van der Waals surface area contributed by atoms with Gasteiger partial charge >= 0.3 is 0 Å². The molecule has 1 aromatic carbocycles. The van der Waals surface area contributed by atoms with E-state index in [0.29, 0.717) is 10.7 Å². The molecule has 1 fully saturated rings. The van der Waals surface area contributed by atoms with Crippen LogP contribution in [0.25, 0.3) is 0 Å². The number of piperazine rings is 1. The molecule has 0 spiro atoms. The molecule has 1 aliphatic rings. The Morgan fingerprint density at radius 1 is 1.33 bits per heavy atom. The van der Waals surface area contributed by atoms with Gasteiger partial charge in [-0.05, 0) is 24.6 Å². The first-order chi connectivity index (χ1) is 8.61. The van der Waals surface area contributed by atoms with Crippen LogP contribution in [-0.2, 0) is 0 Å². The molecular formula is C14H18ClFN2. The molecule has 2 rings (SSSR count). The molecule has 0 unspecified atom stereocenters. The monoisotopic (exact) mass is 268 g/mol. The molecule has 0 amide bonds. The molecule has 1 saturated heterocycles. The summed E-state index contributed by atoms with van der Waals surface area (Å²) in [6.45, 7) is 9.57. The fourth-order valence-electron chi connectivity index (χ4n) is 2.22. The van der Waals surface area contributed by atoms with Crippen LogP contribution in [-0.4, -0.2) is 31.1 Å². The van der Waals surface area contributed by atoms with Crippen LogP contribution in [0.2, 0.25) is 5.02 Å². The van der Waals surface area contributed by atoms with Gasteiger partial charge in [-0.15, -0.1) is 0 Å². The summed E-state index contributed by atoms with van der Waals surface area (Å²) in [4.78, 5) is 4.33. The van der Waals surface area contributed by atoms with E-state index >= 15 is 0 Å². The summed E-state index contributed by atoms with van der Waals surface area (Å²) in [7, 11) is 0. The molecule has 98 valence electrons. The van der Waals surface area contributed by atoms with Crippen LogP contribution < -0.4 is 4.90 Å². The molecule has 2 nitrogen and oxygen atoms in total. The fourth-order valence-corrected chi connectivity index (χ4v) is 2.38. The third-order valence-corrected chi connectivity index (χ3v) is 3.62. The zero-order valence-electron chi connectivity index (χ0n) is 10.6. The van der Waals surface area contributed by atoms with Crippen molar-refractivity contribution in [3.8, 4) is 0 Å². The lowest BCUT2D eigenvalue weighted by atomic mass is 10.2. The summed E-state index contributed by atoms with van der Waals surface area (Å²) in [5.41, 5.74) is 1.80. The second-order valence-corrected chi connectivity index (χ2v) is 4.93. The van der Waals surface area contributed by atoms with E-state index in [0.717, 1.165) is 38.3 Å². The third kappa shape index (κ3) is 2.78. The normalized spacial score (nSPS) is 15.9. The van der Waals surface area contributed by atoms with Crippen LogP contribution in [0.1, 0.15) is 13.3 Å². The van der Waals surface area contributed by atoms with Gasteiger partial charge in [0.15, 0.2) is 0 Å². The summed E-state index contributed by atoms with van der Waals surface area (Å²) < 4.78 is 13.8. The largest absolute Gasteiger partial charge is 0.372 e. The standard InChI is InChI=1S/C14H18ClFN2/c1-3-11(2)17-6-8-18(9-7-17)14-5-4-12(15)10-13(14)16/h4-5,10H,2-3,6-9H2,1H3. The molecule has 0 saturated carbocycles. The Labute approximate surface area is 113 Å². The topological polar surface area (TPSA) is 6.48 Å². The van der Waals surface area contributed by atoms with E-state index in [1.807, 2.05) is 0 Å². The predicted molar refractivity (Wildman–Crippen MR) is 74.6 cm³/mol. The first kappa shape index (κ1) is 13.2. The Morgan fingerprint density at radius 3 is 2.56 bits per heavy atom. The molecule has 0 N–H and O–H groups in total. The Kier molecular flexibility index (Phi) is 4.12. The van der Waals surface area contributed by atoms with E-state index < -0.39 is 0 Å². The van der Waals surface area contributed by atoms with Crippen molar-refractivity contribution in [2.45, 2.75) is 13.3 Å². The van der Waals surface area contributed by atoms with Crippen molar-refractivity contribution in [3.05, 3.63) is 41.3 Å². The van der Waals surface area contributed by atoms with Crippen LogP contribution in [0, 0.1) is 5.82 Å². The number of hydrogen-bond donors (Lipinski definition) is 0. The van der Waals surface area contributed by atoms with E-state index in [2.05, 4.69) is 23.3 Å². The average Bonchev–Trinajstić information content (AvgIpc) is 2.38. The van der Waals surface area contributed by atoms with Crippen molar-refractivity contribution in [2.24, 2.45) is 0 Å². The van der Waals surface area contributed by atoms with Gasteiger partial charge in [-0.25, -0.2) is 4.39 Å². The Hall–Kier alpha value is -1.22. The number of benzene rings is 1.